The number of fused-ring (bicyclic) bond motifs is 1. The number of nitrogens with zero attached hydrogens (tertiary/aromatic N) is 3. The van der Waals surface area contributed by atoms with Gasteiger partial charge in [0.05, 0.1) is 19.1 Å². The molecule has 0 fully saturated rings. The Labute approximate surface area is 227 Å². The third-order valence-corrected chi connectivity index (χ3v) is 7.86. The van der Waals surface area contributed by atoms with Crippen LogP contribution in [0.3, 0.4) is 0 Å². The lowest BCUT2D eigenvalue weighted by molar-refractivity contribution is -0.121. The number of imidazole rings is 1. The molecule has 0 saturated carbocycles. The highest BCUT2D eigenvalue weighted by Gasteiger charge is 2.27. The fourth-order valence-corrected chi connectivity index (χ4v) is 5.68. The van der Waals surface area contributed by atoms with E-state index in [9.17, 15) is 9.18 Å². The third kappa shape index (κ3) is 5.99. The minimum atomic E-state index is -0.348. The number of amides is 1. The average molecular weight is 531 g/mol. The van der Waals surface area contributed by atoms with E-state index in [2.05, 4.69) is 21.8 Å². The molecular formula is C30H31FN4O2S. The Morgan fingerprint density at radius 3 is 2.76 bits per heavy atom. The maximum atomic E-state index is 13.8. The molecule has 0 spiro atoms. The molecule has 8 heteroatoms. The lowest BCUT2D eigenvalue weighted by Crippen LogP contribution is -2.33. The maximum Gasteiger partial charge on any atom is 0.230 e. The van der Waals surface area contributed by atoms with Crippen molar-refractivity contribution in [2.24, 2.45) is 7.05 Å². The van der Waals surface area contributed by atoms with Crippen LogP contribution in [0.2, 0.25) is 0 Å². The van der Waals surface area contributed by atoms with Gasteiger partial charge >= 0.3 is 0 Å². The molecule has 3 aromatic carbocycles. The van der Waals surface area contributed by atoms with Crippen LogP contribution in [0.25, 0.3) is 0 Å². The largest absolute Gasteiger partial charge is 0.376 e. The lowest BCUT2D eigenvalue weighted by atomic mass is 10.0. The summed E-state index contributed by atoms with van der Waals surface area (Å²) in [6, 6.07) is 22.7. The Kier molecular flexibility index (Phi) is 8.22. The fraction of sp³-hybridized carbons (Fsp3) is 0.267. The second-order valence-corrected chi connectivity index (χ2v) is 10.3. The zero-order valence-corrected chi connectivity index (χ0v) is 22.3. The second kappa shape index (κ2) is 11.9. The van der Waals surface area contributed by atoms with Crippen LogP contribution in [-0.2, 0) is 29.5 Å². The number of hydrogen-bond donors (Lipinski definition) is 1. The van der Waals surface area contributed by atoms with Crippen molar-refractivity contribution in [2.45, 2.75) is 42.8 Å². The zero-order valence-electron chi connectivity index (χ0n) is 21.5. The van der Waals surface area contributed by atoms with Gasteiger partial charge in [0.1, 0.15) is 11.6 Å². The smallest absolute Gasteiger partial charge is 0.230 e. The van der Waals surface area contributed by atoms with E-state index in [4.69, 9.17) is 4.74 Å². The molecule has 0 aliphatic heterocycles. The first-order valence-electron chi connectivity index (χ1n) is 12.7. The molecule has 1 aliphatic rings. The Bertz CT molecular complexity index is 1390. The van der Waals surface area contributed by atoms with Crippen molar-refractivity contribution in [3.8, 4) is 0 Å². The summed E-state index contributed by atoms with van der Waals surface area (Å²) in [5.41, 5.74) is 4.21. The number of carbonyl (C=O) groups excluding carboxylic acids is 1. The van der Waals surface area contributed by atoms with Crippen molar-refractivity contribution in [3.63, 3.8) is 0 Å². The van der Waals surface area contributed by atoms with Gasteiger partial charge in [-0.25, -0.2) is 9.37 Å². The van der Waals surface area contributed by atoms with E-state index in [0.29, 0.717) is 6.54 Å². The van der Waals surface area contributed by atoms with Crippen LogP contribution in [-0.4, -0.2) is 22.6 Å². The minimum absolute atomic E-state index is 0.0414. The molecule has 1 unspecified atom stereocenters. The number of nitrogens with one attached hydrogen (secondary N) is 1. The molecule has 1 aromatic heterocycles. The summed E-state index contributed by atoms with van der Waals surface area (Å²) in [5, 5.41) is 0. The molecule has 0 bridgehead atoms. The second-order valence-electron chi connectivity index (χ2n) is 9.43. The number of aryl methyl sites for hydroxylation is 2. The third-order valence-electron chi connectivity index (χ3n) is 6.97. The van der Waals surface area contributed by atoms with Crippen LogP contribution in [0, 0.1) is 5.82 Å². The van der Waals surface area contributed by atoms with Gasteiger partial charge in [-0.1, -0.05) is 42.5 Å². The Morgan fingerprint density at radius 1 is 1.18 bits per heavy atom. The van der Waals surface area contributed by atoms with Gasteiger partial charge in [0.15, 0.2) is 0 Å². The van der Waals surface area contributed by atoms with E-state index in [1.807, 2.05) is 60.3 Å². The number of hydrogen-bond acceptors (Lipinski definition) is 5. The van der Waals surface area contributed by atoms with Gasteiger partial charge in [0.25, 0.3) is 0 Å². The van der Waals surface area contributed by atoms with Crippen molar-refractivity contribution in [3.05, 3.63) is 114 Å². The first kappa shape index (κ1) is 26.2. The SMILES string of the molecule is CO[C@@H](CC(=O)N(Cc1nccn1C)c1ccc2c(c1)C(NSc1cccc(F)c1)CC2)c1ccccc1. The zero-order chi connectivity index (χ0) is 26.5. The number of aromatic nitrogens is 2. The van der Waals surface area contributed by atoms with E-state index in [0.717, 1.165) is 40.4 Å². The number of rotatable bonds is 10. The molecule has 5 rings (SSSR count). The minimum Gasteiger partial charge on any atom is -0.376 e. The topological polar surface area (TPSA) is 59.4 Å². The lowest BCUT2D eigenvalue weighted by Gasteiger charge is -2.26. The molecule has 1 aliphatic carbocycles. The maximum absolute atomic E-state index is 13.8. The number of methoxy groups -OCH3 is 1. The molecule has 2 atom stereocenters. The van der Waals surface area contributed by atoms with Crippen molar-refractivity contribution in [1.29, 1.82) is 0 Å². The average Bonchev–Trinajstić information content (AvgIpc) is 3.54. The van der Waals surface area contributed by atoms with Gasteiger partial charge in [-0.2, -0.15) is 0 Å². The highest BCUT2D eigenvalue weighted by Crippen LogP contribution is 2.37. The van der Waals surface area contributed by atoms with Gasteiger partial charge in [-0.3, -0.25) is 9.52 Å². The fourth-order valence-electron chi connectivity index (χ4n) is 4.84. The number of carbonyl (C=O) groups is 1. The molecule has 4 aromatic rings. The van der Waals surface area contributed by atoms with Gasteiger partial charge in [-0.05, 0) is 71.8 Å². The number of ether oxygens (including phenoxy) is 1. The predicted octanol–water partition coefficient (Wildman–Crippen LogP) is 6.15. The van der Waals surface area contributed by atoms with Crippen molar-refractivity contribution >= 4 is 23.5 Å². The molecule has 0 radical (unpaired) electrons. The Morgan fingerprint density at radius 2 is 2.03 bits per heavy atom. The number of anilines is 1. The number of benzene rings is 3. The summed E-state index contributed by atoms with van der Waals surface area (Å²) in [4.78, 5) is 20.9. The van der Waals surface area contributed by atoms with Gasteiger partial charge in [-0.15, -0.1) is 0 Å². The molecule has 1 N–H and O–H groups in total. The van der Waals surface area contributed by atoms with Crippen LogP contribution in [0.15, 0.2) is 90.1 Å². The first-order chi connectivity index (χ1) is 18.5. The van der Waals surface area contributed by atoms with Crippen LogP contribution < -0.4 is 9.62 Å². The summed E-state index contributed by atoms with van der Waals surface area (Å²) < 4.78 is 24.8. The first-order valence-corrected chi connectivity index (χ1v) is 13.5. The normalized spacial score (nSPS) is 15.3. The van der Waals surface area contributed by atoms with Gasteiger partial charge in [0.2, 0.25) is 5.91 Å². The highest BCUT2D eigenvalue weighted by molar-refractivity contribution is 7.97. The van der Waals surface area contributed by atoms with Crippen molar-refractivity contribution in [1.82, 2.24) is 14.3 Å². The summed E-state index contributed by atoms with van der Waals surface area (Å²) in [7, 11) is 3.56. The Hall–Kier alpha value is -3.46. The van der Waals surface area contributed by atoms with E-state index in [1.54, 1.807) is 24.3 Å². The van der Waals surface area contributed by atoms with Crippen molar-refractivity contribution < 1.29 is 13.9 Å². The highest BCUT2D eigenvalue weighted by atomic mass is 32.2. The number of halogens is 1. The van der Waals surface area contributed by atoms with Gasteiger partial charge in [0, 0.05) is 43.2 Å². The molecule has 1 amide bonds. The molecule has 38 heavy (non-hydrogen) atoms. The molecule has 1 heterocycles. The van der Waals surface area contributed by atoms with Gasteiger partial charge < -0.3 is 14.2 Å². The van der Waals surface area contributed by atoms with E-state index in [1.165, 1.54) is 29.6 Å². The van der Waals surface area contributed by atoms with E-state index in [-0.39, 0.29) is 30.3 Å². The quantitative estimate of drug-likeness (QED) is 0.249. The van der Waals surface area contributed by atoms with Crippen LogP contribution in [0.5, 0.6) is 0 Å². The molecular weight excluding hydrogens is 499 g/mol. The Balaban J connectivity index is 1.40. The van der Waals surface area contributed by atoms with Crippen LogP contribution in [0.4, 0.5) is 10.1 Å². The molecule has 0 saturated heterocycles. The summed E-state index contributed by atoms with van der Waals surface area (Å²) in [5.74, 6) is 0.503. The van der Waals surface area contributed by atoms with E-state index >= 15 is 0 Å². The summed E-state index contributed by atoms with van der Waals surface area (Å²) in [6.45, 7) is 0.350. The summed E-state index contributed by atoms with van der Waals surface area (Å²) >= 11 is 1.43. The summed E-state index contributed by atoms with van der Waals surface area (Å²) in [6.07, 6.45) is 5.37. The predicted molar refractivity (Wildman–Crippen MR) is 148 cm³/mol. The molecule has 6 nitrogen and oxygen atoms in total. The monoisotopic (exact) mass is 530 g/mol. The van der Waals surface area contributed by atoms with E-state index < -0.39 is 0 Å². The van der Waals surface area contributed by atoms with Crippen LogP contribution >= 0.6 is 11.9 Å². The standard InChI is InChI=1S/C30H31FN4O2S/c1-34-16-15-32-29(34)20-35(30(36)19-28(37-2)22-7-4-3-5-8-22)24-13-11-21-12-14-27(26(21)18-24)33-38-25-10-6-9-23(31)17-25/h3-11,13,15-18,27-28,33H,12,14,19-20H2,1-2H3/t27?,28-/m0/s1. The van der Waals surface area contributed by atoms with Crippen LogP contribution in [0.1, 0.15) is 47.5 Å². The molecule has 196 valence electrons. The van der Waals surface area contributed by atoms with Crippen molar-refractivity contribution in [2.75, 3.05) is 12.0 Å².